The first kappa shape index (κ1) is 17.3. The normalized spacial score (nSPS) is 15.8. The molecule has 5 nitrogen and oxygen atoms in total. The molecule has 0 spiro atoms. The fourth-order valence-corrected chi connectivity index (χ4v) is 2.79. The molecule has 1 aliphatic rings. The fraction of sp³-hybridized carbons (Fsp3) is 0.556. The smallest absolute Gasteiger partial charge is 0.319 e. The van der Waals surface area contributed by atoms with Crippen LogP contribution in [0.25, 0.3) is 0 Å². The van der Waals surface area contributed by atoms with Gasteiger partial charge in [-0.15, -0.1) is 0 Å². The predicted octanol–water partition coefficient (Wildman–Crippen LogP) is 3.67. The van der Waals surface area contributed by atoms with Crippen molar-refractivity contribution in [1.29, 1.82) is 0 Å². The van der Waals surface area contributed by atoms with Crippen LogP contribution in [0.3, 0.4) is 0 Å². The van der Waals surface area contributed by atoms with Gasteiger partial charge in [0.2, 0.25) is 0 Å². The molecule has 5 heteroatoms. The van der Waals surface area contributed by atoms with Crippen LogP contribution in [0.5, 0.6) is 0 Å². The van der Waals surface area contributed by atoms with E-state index in [1.54, 1.807) is 18.2 Å². The van der Waals surface area contributed by atoms with Crippen molar-refractivity contribution in [2.45, 2.75) is 64.5 Å². The van der Waals surface area contributed by atoms with E-state index in [1.807, 2.05) is 26.8 Å². The maximum absolute atomic E-state index is 12.4. The quantitative estimate of drug-likeness (QED) is 0.796. The Balaban J connectivity index is 2.01. The maximum Gasteiger partial charge on any atom is 0.319 e. The average Bonchev–Trinajstić information content (AvgIpc) is 2.47. The molecule has 3 amide bonds. The van der Waals surface area contributed by atoms with E-state index < -0.39 is 0 Å². The molecule has 1 saturated carbocycles. The summed E-state index contributed by atoms with van der Waals surface area (Å²) in [5.41, 5.74) is 0.679. The summed E-state index contributed by atoms with van der Waals surface area (Å²) in [7, 11) is 0. The van der Waals surface area contributed by atoms with Gasteiger partial charge >= 0.3 is 6.03 Å². The molecule has 0 unspecified atom stereocenters. The first-order valence-electron chi connectivity index (χ1n) is 8.34. The van der Waals surface area contributed by atoms with E-state index in [-0.39, 0.29) is 23.5 Å². The van der Waals surface area contributed by atoms with E-state index >= 15 is 0 Å². The largest absolute Gasteiger partial charge is 0.347 e. The highest BCUT2D eigenvalue weighted by Crippen LogP contribution is 2.19. The zero-order valence-electron chi connectivity index (χ0n) is 14.2. The Hall–Kier alpha value is -2.04. The van der Waals surface area contributed by atoms with Crippen molar-refractivity contribution in [1.82, 2.24) is 10.6 Å². The third-order valence-electron chi connectivity index (χ3n) is 3.85. The molecule has 0 heterocycles. The van der Waals surface area contributed by atoms with Crippen molar-refractivity contribution in [2.24, 2.45) is 0 Å². The molecular formula is C18H27N3O2. The van der Waals surface area contributed by atoms with Gasteiger partial charge < -0.3 is 16.0 Å². The second kappa shape index (κ2) is 7.49. The van der Waals surface area contributed by atoms with E-state index in [0.717, 1.165) is 25.7 Å². The van der Waals surface area contributed by atoms with Crippen molar-refractivity contribution in [3.8, 4) is 0 Å². The standard InChI is InChI=1S/C18H27N3O2/c1-18(2,3)21-16(22)14-11-7-8-12-15(14)20-17(23)19-13-9-5-4-6-10-13/h7-8,11-13H,4-6,9-10H2,1-3H3,(H,21,22)(H2,19,20,23). The number of rotatable bonds is 3. The van der Waals surface area contributed by atoms with Gasteiger partial charge in [0.1, 0.15) is 0 Å². The fourth-order valence-electron chi connectivity index (χ4n) is 2.79. The van der Waals surface area contributed by atoms with Gasteiger partial charge in [-0.05, 0) is 45.7 Å². The first-order chi connectivity index (χ1) is 10.8. The Morgan fingerprint density at radius 1 is 1.04 bits per heavy atom. The molecule has 1 fully saturated rings. The van der Waals surface area contributed by atoms with Crippen LogP contribution in [-0.2, 0) is 0 Å². The second-order valence-electron chi connectivity index (χ2n) is 7.18. The third-order valence-corrected chi connectivity index (χ3v) is 3.85. The van der Waals surface area contributed by atoms with Crippen LogP contribution < -0.4 is 16.0 Å². The zero-order valence-corrected chi connectivity index (χ0v) is 14.2. The highest BCUT2D eigenvalue weighted by atomic mass is 16.2. The number of para-hydroxylation sites is 1. The number of urea groups is 1. The topological polar surface area (TPSA) is 70.2 Å². The monoisotopic (exact) mass is 317 g/mol. The van der Waals surface area contributed by atoms with Gasteiger partial charge in [0, 0.05) is 11.6 Å². The molecule has 0 saturated heterocycles. The summed E-state index contributed by atoms with van der Waals surface area (Å²) >= 11 is 0. The third kappa shape index (κ3) is 5.58. The van der Waals surface area contributed by atoms with Crippen molar-refractivity contribution < 1.29 is 9.59 Å². The summed E-state index contributed by atoms with van der Waals surface area (Å²) in [4.78, 5) is 24.6. The number of carbonyl (C=O) groups excluding carboxylic acids is 2. The lowest BCUT2D eigenvalue weighted by Gasteiger charge is -2.24. The molecule has 1 aromatic rings. The molecule has 3 N–H and O–H groups in total. The van der Waals surface area contributed by atoms with Crippen LogP contribution in [0.15, 0.2) is 24.3 Å². The van der Waals surface area contributed by atoms with Crippen LogP contribution in [-0.4, -0.2) is 23.5 Å². The molecule has 0 bridgehead atoms. The van der Waals surface area contributed by atoms with E-state index in [9.17, 15) is 9.59 Å². The predicted molar refractivity (Wildman–Crippen MR) is 92.7 cm³/mol. The first-order valence-corrected chi connectivity index (χ1v) is 8.34. The Kier molecular flexibility index (Phi) is 5.64. The lowest BCUT2D eigenvalue weighted by molar-refractivity contribution is 0.0920. The summed E-state index contributed by atoms with van der Waals surface area (Å²) in [6.45, 7) is 5.78. The number of anilines is 1. The molecule has 0 radical (unpaired) electrons. The van der Waals surface area contributed by atoms with Crippen LogP contribution >= 0.6 is 0 Å². The number of carbonyl (C=O) groups is 2. The van der Waals surface area contributed by atoms with Gasteiger partial charge in [-0.25, -0.2) is 4.79 Å². The van der Waals surface area contributed by atoms with Gasteiger partial charge in [0.25, 0.3) is 5.91 Å². The Bertz CT molecular complexity index is 558. The second-order valence-corrected chi connectivity index (χ2v) is 7.18. The molecule has 2 rings (SSSR count). The van der Waals surface area contributed by atoms with Gasteiger partial charge in [-0.3, -0.25) is 4.79 Å². The lowest BCUT2D eigenvalue weighted by atomic mass is 9.96. The molecule has 0 aromatic heterocycles. The zero-order chi connectivity index (χ0) is 16.9. The minimum absolute atomic E-state index is 0.189. The van der Waals surface area contributed by atoms with E-state index in [2.05, 4.69) is 16.0 Å². The van der Waals surface area contributed by atoms with Crippen LogP contribution in [0.4, 0.5) is 10.5 Å². The summed E-state index contributed by atoms with van der Waals surface area (Å²) in [5.74, 6) is -0.189. The molecular weight excluding hydrogens is 290 g/mol. The summed E-state index contributed by atoms with van der Waals surface area (Å²) < 4.78 is 0. The highest BCUT2D eigenvalue weighted by Gasteiger charge is 2.20. The number of hydrogen-bond donors (Lipinski definition) is 3. The van der Waals surface area contributed by atoms with E-state index in [4.69, 9.17) is 0 Å². The number of amides is 3. The minimum atomic E-state index is -0.325. The molecule has 0 aliphatic heterocycles. The van der Waals surface area contributed by atoms with Crippen molar-refractivity contribution >= 4 is 17.6 Å². The molecule has 126 valence electrons. The Labute approximate surface area is 138 Å². The van der Waals surface area contributed by atoms with Crippen molar-refractivity contribution in [3.63, 3.8) is 0 Å². The molecule has 1 aromatic carbocycles. The summed E-state index contributed by atoms with van der Waals surface area (Å²) in [5, 5.41) is 8.73. The lowest BCUT2D eigenvalue weighted by Crippen LogP contribution is -2.42. The van der Waals surface area contributed by atoms with E-state index in [1.165, 1.54) is 6.42 Å². The van der Waals surface area contributed by atoms with Crippen LogP contribution in [0, 0.1) is 0 Å². The van der Waals surface area contributed by atoms with Gasteiger partial charge in [0.15, 0.2) is 0 Å². The maximum atomic E-state index is 12.4. The number of nitrogens with one attached hydrogen (secondary N) is 3. The average molecular weight is 317 g/mol. The van der Waals surface area contributed by atoms with E-state index in [0.29, 0.717) is 11.3 Å². The number of hydrogen-bond acceptors (Lipinski definition) is 2. The van der Waals surface area contributed by atoms with Gasteiger partial charge in [-0.1, -0.05) is 31.4 Å². The molecule has 0 atom stereocenters. The highest BCUT2D eigenvalue weighted by molar-refractivity contribution is 6.03. The summed E-state index contributed by atoms with van der Waals surface area (Å²) in [6.07, 6.45) is 5.62. The van der Waals surface area contributed by atoms with Crippen molar-refractivity contribution in [2.75, 3.05) is 5.32 Å². The Morgan fingerprint density at radius 2 is 1.70 bits per heavy atom. The minimum Gasteiger partial charge on any atom is -0.347 e. The molecule has 23 heavy (non-hydrogen) atoms. The van der Waals surface area contributed by atoms with Crippen LogP contribution in [0.2, 0.25) is 0 Å². The van der Waals surface area contributed by atoms with Crippen molar-refractivity contribution in [3.05, 3.63) is 29.8 Å². The van der Waals surface area contributed by atoms with Crippen LogP contribution in [0.1, 0.15) is 63.2 Å². The number of benzene rings is 1. The van der Waals surface area contributed by atoms with Gasteiger partial charge in [0.05, 0.1) is 11.3 Å². The van der Waals surface area contributed by atoms with Gasteiger partial charge in [-0.2, -0.15) is 0 Å². The molecule has 1 aliphatic carbocycles. The Morgan fingerprint density at radius 3 is 2.35 bits per heavy atom. The summed E-state index contributed by atoms with van der Waals surface area (Å²) in [6, 6.07) is 7.06. The SMILES string of the molecule is CC(C)(C)NC(=O)c1ccccc1NC(=O)NC1CCCCC1.